The molecule has 0 N–H and O–H groups in total. The lowest BCUT2D eigenvalue weighted by Crippen LogP contribution is -2.21. The molecule has 0 unspecified atom stereocenters. The highest BCUT2D eigenvalue weighted by Gasteiger charge is 2.30. The van der Waals surface area contributed by atoms with Crippen molar-refractivity contribution in [3.8, 4) is 23.0 Å². The van der Waals surface area contributed by atoms with Crippen LogP contribution in [0.2, 0.25) is 0 Å². The molecule has 1 heterocycles. The van der Waals surface area contributed by atoms with E-state index in [1.54, 1.807) is 75.8 Å². The molecule has 1 aliphatic rings. The predicted octanol–water partition coefficient (Wildman–Crippen LogP) is 5.00. The van der Waals surface area contributed by atoms with Crippen LogP contribution in [0.5, 0.6) is 23.0 Å². The molecule has 3 aromatic rings. The number of esters is 1. The summed E-state index contributed by atoms with van der Waals surface area (Å²) in [5.41, 5.74) is 1.69. The fourth-order valence-corrected chi connectivity index (χ4v) is 3.57. The molecule has 3 aromatic carbocycles. The lowest BCUT2D eigenvalue weighted by Gasteiger charge is -2.18. The van der Waals surface area contributed by atoms with Crippen LogP contribution in [0.25, 0.3) is 6.08 Å². The summed E-state index contributed by atoms with van der Waals surface area (Å²) in [4.78, 5) is 25.5. The van der Waals surface area contributed by atoms with Gasteiger partial charge < -0.3 is 23.7 Å². The van der Waals surface area contributed by atoms with E-state index in [2.05, 4.69) is 0 Å². The van der Waals surface area contributed by atoms with Crippen molar-refractivity contribution in [3.63, 3.8) is 0 Å². The first-order chi connectivity index (χ1) is 16.5. The Bertz CT molecular complexity index is 1230. The highest BCUT2D eigenvalue weighted by Crippen LogP contribution is 2.37. The summed E-state index contributed by atoms with van der Waals surface area (Å²) in [6.07, 6.45) is 0.655. The van der Waals surface area contributed by atoms with Gasteiger partial charge in [0.1, 0.15) is 23.0 Å². The molecule has 34 heavy (non-hydrogen) atoms. The molecule has 1 atom stereocenters. The van der Waals surface area contributed by atoms with Crippen LogP contribution in [-0.2, 0) is 9.53 Å². The van der Waals surface area contributed by atoms with Crippen LogP contribution >= 0.6 is 0 Å². The van der Waals surface area contributed by atoms with Crippen LogP contribution in [0, 0.1) is 0 Å². The van der Waals surface area contributed by atoms with Gasteiger partial charge in [0, 0.05) is 17.2 Å². The Morgan fingerprint density at radius 1 is 0.971 bits per heavy atom. The molecular formula is C27H24O7. The Balaban J connectivity index is 1.61. The number of carbonyl (C=O) groups excluding carboxylic acids is 2. The van der Waals surface area contributed by atoms with Crippen molar-refractivity contribution in [2.24, 2.45) is 0 Å². The van der Waals surface area contributed by atoms with E-state index in [4.69, 9.17) is 23.7 Å². The maximum Gasteiger partial charge on any atom is 0.352 e. The zero-order chi connectivity index (χ0) is 24.1. The van der Waals surface area contributed by atoms with Crippen LogP contribution in [-0.4, -0.2) is 32.6 Å². The fourth-order valence-electron chi connectivity index (χ4n) is 3.57. The van der Waals surface area contributed by atoms with Crippen molar-refractivity contribution >= 4 is 17.8 Å². The quantitative estimate of drug-likeness (QED) is 0.346. The number of ketones is 1. The van der Waals surface area contributed by atoms with Gasteiger partial charge in [0.25, 0.3) is 0 Å². The highest BCUT2D eigenvalue weighted by molar-refractivity contribution is 6.14. The highest BCUT2D eigenvalue weighted by atomic mass is 16.6. The fraction of sp³-hybridized carbons (Fsp3) is 0.185. The van der Waals surface area contributed by atoms with Gasteiger partial charge >= 0.3 is 5.97 Å². The summed E-state index contributed by atoms with van der Waals surface area (Å²) < 4.78 is 27.7. The van der Waals surface area contributed by atoms with Crippen molar-refractivity contribution in [2.75, 3.05) is 20.8 Å². The van der Waals surface area contributed by atoms with E-state index >= 15 is 0 Å². The molecule has 0 fully saturated rings. The molecule has 174 valence electrons. The second kappa shape index (κ2) is 10.1. The molecule has 0 aliphatic carbocycles. The van der Waals surface area contributed by atoms with E-state index in [-0.39, 0.29) is 18.1 Å². The number of rotatable bonds is 8. The monoisotopic (exact) mass is 460 g/mol. The van der Waals surface area contributed by atoms with E-state index in [1.165, 1.54) is 0 Å². The lowest BCUT2D eigenvalue weighted by molar-refractivity contribution is -0.151. The van der Waals surface area contributed by atoms with Crippen molar-refractivity contribution in [1.82, 2.24) is 0 Å². The van der Waals surface area contributed by atoms with E-state index in [1.807, 2.05) is 18.2 Å². The average Bonchev–Trinajstić information content (AvgIpc) is 3.17. The van der Waals surface area contributed by atoms with Crippen LogP contribution in [0.3, 0.4) is 0 Å². The molecule has 7 nitrogen and oxygen atoms in total. The Hall–Kier alpha value is -4.26. The van der Waals surface area contributed by atoms with Gasteiger partial charge in [-0.05, 0) is 43.3 Å². The smallest absolute Gasteiger partial charge is 0.352 e. The van der Waals surface area contributed by atoms with Crippen LogP contribution in [0.4, 0.5) is 0 Å². The number of Topliss-reactive ketones (excluding diaryl/α,β-unsaturated/α-hetero) is 1. The largest absolute Gasteiger partial charge is 0.497 e. The topological polar surface area (TPSA) is 80.3 Å². The first-order valence-electron chi connectivity index (χ1n) is 10.7. The number of hydrogen-bond donors (Lipinski definition) is 0. The first-order valence-corrected chi connectivity index (χ1v) is 10.7. The minimum Gasteiger partial charge on any atom is -0.497 e. The van der Waals surface area contributed by atoms with Crippen LogP contribution in [0.15, 0.2) is 72.5 Å². The molecule has 0 saturated heterocycles. The SMILES string of the molecule is CCOC(=O)[C@H](Oc1ccc2c(c1)O/C(=C\c1cc(OC)ccc1OC)C2=O)c1ccccc1. The summed E-state index contributed by atoms with van der Waals surface area (Å²) in [5.74, 6) is 1.28. The molecule has 0 aromatic heterocycles. The Labute approximate surface area is 197 Å². The van der Waals surface area contributed by atoms with Crippen LogP contribution < -0.4 is 18.9 Å². The van der Waals surface area contributed by atoms with Gasteiger partial charge in [-0.15, -0.1) is 0 Å². The maximum atomic E-state index is 12.9. The molecule has 0 spiro atoms. The second-order valence-corrected chi connectivity index (χ2v) is 7.37. The van der Waals surface area contributed by atoms with Crippen molar-refractivity contribution in [1.29, 1.82) is 0 Å². The number of hydrogen-bond acceptors (Lipinski definition) is 7. The van der Waals surface area contributed by atoms with Gasteiger partial charge in [-0.3, -0.25) is 4.79 Å². The first kappa shape index (κ1) is 22.9. The predicted molar refractivity (Wildman–Crippen MR) is 125 cm³/mol. The van der Waals surface area contributed by atoms with Crippen molar-refractivity contribution in [3.05, 3.63) is 89.2 Å². The third-order valence-corrected chi connectivity index (χ3v) is 5.22. The van der Waals surface area contributed by atoms with E-state index in [0.717, 1.165) is 0 Å². The minimum absolute atomic E-state index is 0.142. The normalized spacial score (nSPS) is 14.2. The molecule has 7 heteroatoms. The molecule has 0 radical (unpaired) electrons. The zero-order valence-electron chi connectivity index (χ0n) is 19.1. The van der Waals surface area contributed by atoms with Gasteiger partial charge in [-0.1, -0.05) is 30.3 Å². The zero-order valence-corrected chi connectivity index (χ0v) is 19.1. The average molecular weight is 460 g/mol. The van der Waals surface area contributed by atoms with Gasteiger partial charge in [0.2, 0.25) is 11.9 Å². The molecule has 0 saturated carbocycles. The molecular weight excluding hydrogens is 436 g/mol. The number of ether oxygens (including phenoxy) is 5. The number of allylic oxidation sites excluding steroid dienone is 1. The summed E-state index contributed by atoms with van der Waals surface area (Å²) >= 11 is 0. The summed E-state index contributed by atoms with van der Waals surface area (Å²) in [7, 11) is 3.11. The third kappa shape index (κ3) is 4.73. The summed E-state index contributed by atoms with van der Waals surface area (Å²) in [5, 5.41) is 0. The maximum absolute atomic E-state index is 12.9. The summed E-state index contributed by atoms with van der Waals surface area (Å²) in [6, 6.07) is 19.2. The van der Waals surface area contributed by atoms with Crippen molar-refractivity contribution in [2.45, 2.75) is 13.0 Å². The van der Waals surface area contributed by atoms with Gasteiger partial charge in [0.15, 0.2) is 5.76 Å². The van der Waals surface area contributed by atoms with Crippen LogP contribution in [0.1, 0.15) is 34.5 Å². The Kier molecular flexibility index (Phi) is 6.82. The standard InChI is InChI=1S/C27H24O7/c1-4-32-27(29)26(17-8-6-5-7-9-17)33-20-10-12-21-23(16-20)34-24(25(21)28)15-18-14-19(30-2)11-13-22(18)31-3/h5-16,26H,4H2,1-3H3/b24-15-/t26-/m1/s1. The number of fused-ring (bicyclic) bond motifs is 1. The molecule has 4 rings (SSSR count). The molecule has 0 amide bonds. The second-order valence-electron chi connectivity index (χ2n) is 7.37. The lowest BCUT2D eigenvalue weighted by atomic mass is 10.1. The Morgan fingerprint density at radius 2 is 1.74 bits per heavy atom. The van der Waals surface area contributed by atoms with E-state index in [0.29, 0.717) is 39.7 Å². The number of methoxy groups -OCH3 is 2. The van der Waals surface area contributed by atoms with Gasteiger partial charge in [-0.2, -0.15) is 0 Å². The number of benzene rings is 3. The van der Waals surface area contributed by atoms with Crippen molar-refractivity contribution < 1.29 is 33.3 Å². The molecule has 0 bridgehead atoms. The molecule has 1 aliphatic heterocycles. The van der Waals surface area contributed by atoms with Gasteiger partial charge in [-0.25, -0.2) is 4.79 Å². The summed E-state index contributed by atoms with van der Waals surface area (Å²) in [6.45, 7) is 1.97. The Morgan fingerprint density at radius 3 is 2.44 bits per heavy atom. The third-order valence-electron chi connectivity index (χ3n) is 5.22. The van der Waals surface area contributed by atoms with E-state index in [9.17, 15) is 9.59 Å². The van der Waals surface area contributed by atoms with E-state index < -0.39 is 12.1 Å². The number of carbonyl (C=O) groups is 2. The van der Waals surface area contributed by atoms with Gasteiger partial charge in [0.05, 0.1) is 26.4 Å². The minimum atomic E-state index is -0.952.